The molecule has 32 heavy (non-hydrogen) atoms. The second-order valence-electron chi connectivity index (χ2n) is 7.53. The number of amides is 1. The topological polar surface area (TPSA) is 102 Å². The Hall–Kier alpha value is -2.97. The molecule has 0 fully saturated rings. The summed E-state index contributed by atoms with van der Waals surface area (Å²) < 4.78 is 6.59. The van der Waals surface area contributed by atoms with Crippen LogP contribution >= 0.6 is 11.6 Å². The van der Waals surface area contributed by atoms with Gasteiger partial charge in [-0.1, -0.05) is 24.6 Å². The van der Waals surface area contributed by atoms with E-state index in [1.165, 1.54) is 4.68 Å². The van der Waals surface area contributed by atoms with Crippen molar-refractivity contribution in [2.45, 2.75) is 52.7 Å². The Morgan fingerprint density at radius 3 is 2.72 bits per heavy atom. The van der Waals surface area contributed by atoms with Crippen LogP contribution in [0.5, 0.6) is 0 Å². The first kappa shape index (κ1) is 23.7. The smallest absolute Gasteiger partial charge is 0.270 e. The van der Waals surface area contributed by atoms with Crippen molar-refractivity contribution >= 4 is 17.5 Å². The minimum absolute atomic E-state index is 0.00444. The molecule has 0 aliphatic carbocycles. The van der Waals surface area contributed by atoms with Gasteiger partial charge < -0.3 is 15.1 Å². The molecule has 0 spiro atoms. The van der Waals surface area contributed by atoms with Gasteiger partial charge in [0.1, 0.15) is 6.26 Å². The number of hydrogen-bond acceptors (Lipinski definition) is 6. The zero-order valence-corrected chi connectivity index (χ0v) is 19.3. The van der Waals surface area contributed by atoms with Crippen LogP contribution in [0.1, 0.15) is 40.8 Å². The Morgan fingerprint density at radius 1 is 1.22 bits per heavy atom. The maximum atomic E-state index is 13.0. The highest BCUT2D eigenvalue weighted by atomic mass is 35.5. The maximum Gasteiger partial charge on any atom is 0.270 e. The lowest BCUT2D eigenvalue weighted by molar-refractivity contribution is -0.120. The van der Waals surface area contributed by atoms with Crippen molar-refractivity contribution in [1.29, 1.82) is 0 Å². The van der Waals surface area contributed by atoms with E-state index in [1.54, 1.807) is 19.4 Å². The van der Waals surface area contributed by atoms with Crippen LogP contribution in [0.15, 0.2) is 39.9 Å². The number of carbonyl (C=O) groups excluding carboxylic acids is 1. The molecule has 0 aliphatic heterocycles. The molecule has 0 unspecified atom stereocenters. The Kier molecular flexibility index (Phi) is 8.19. The Morgan fingerprint density at radius 2 is 2.03 bits per heavy atom. The Labute approximate surface area is 192 Å². The van der Waals surface area contributed by atoms with Gasteiger partial charge >= 0.3 is 0 Å². The number of hydrogen-bond donors (Lipinski definition) is 2. The molecule has 0 saturated carbocycles. The zero-order valence-electron chi connectivity index (χ0n) is 18.6. The van der Waals surface area contributed by atoms with Crippen molar-refractivity contribution in [2.24, 2.45) is 0 Å². The van der Waals surface area contributed by atoms with Gasteiger partial charge in [-0.25, -0.2) is 9.67 Å². The summed E-state index contributed by atoms with van der Waals surface area (Å²) in [5.41, 5.74) is 3.74. The van der Waals surface area contributed by atoms with Crippen molar-refractivity contribution in [2.75, 3.05) is 7.05 Å². The van der Waals surface area contributed by atoms with Gasteiger partial charge in [-0.15, -0.1) is 0 Å². The molecule has 0 aliphatic rings. The minimum Gasteiger partial charge on any atom is -0.449 e. The molecule has 3 aromatic rings. The van der Waals surface area contributed by atoms with Crippen LogP contribution in [0.4, 0.5) is 0 Å². The fourth-order valence-corrected chi connectivity index (χ4v) is 3.69. The zero-order chi connectivity index (χ0) is 23.1. The van der Waals surface area contributed by atoms with E-state index in [0.717, 1.165) is 22.4 Å². The number of halogens is 1. The SMILES string of the molecule is CCc1cnn(CCc2coc(C)n2)c(=O)c1CC(=O)NCc1cc(Cl)ccc1CNC. The average Bonchev–Trinajstić information content (AvgIpc) is 3.19. The second kappa shape index (κ2) is 11.1. The van der Waals surface area contributed by atoms with Crippen molar-refractivity contribution in [3.63, 3.8) is 0 Å². The molecule has 0 radical (unpaired) electrons. The predicted molar refractivity (Wildman–Crippen MR) is 123 cm³/mol. The van der Waals surface area contributed by atoms with E-state index in [2.05, 4.69) is 20.7 Å². The first-order chi connectivity index (χ1) is 15.4. The van der Waals surface area contributed by atoms with Gasteiger partial charge in [-0.05, 0) is 42.3 Å². The summed E-state index contributed by atoms with van der Waals surface area (Å²) in [6.45, 7) is 5.08. The molecule has 1 amide bonds. The molecule has 9 heteroatoms. The van der Waals surface area contributed by atoms with Crippen LogP contribution in [-0.2, 0) is 43.7 Å². The lowest BCUT2D eigenvalue weighted by Crippen LogP contribution is -2.33. The summed E-state index contributed by atoms with van der Waals surface area (Å²) in [4.78, 5) is 30.0. The standard InChI is InChI=1S/C23H28ClN5O3/c1-4-16-13-27-29(8-7-20-14-32-15(2)28-20)23(31)21(16)10-22(30)26-12-18-9-19(24)6-5-17(18)11-25-3/h5-6,9,13-14,25H,4,7-8,10-12H2,1-3H3,(H,26,30). The first-order valence-corrected chi connectivity index (χ1v) is 11.0. The van der Waals surface area contributed by atoms with Crippen LogP contribution in [0.2, 0.25) is 5.02 Å². The van der Waals surface area contributed by atoms with E-state index in [0.29, 0.717) is 49.0 Å². The molecule has 2 N–H and O–H groups in total. The van der Waals surface area contributed by atoms with E-state index in [4.69, 9.17) is 16.0 Å². The number of rotatable bonds is 10. The summed E-state index contributed by atoms with van der Waals surface area (Å²) >= 11 is 6.12. The van der Waals surface area contributed by atoms with Crippen molar-refractivity contribution in [3.8, 4) is 0 Å². The number of carbonyl (C=O) groups is 1. The first-order valence-electron chi connectivity index (χ1n) is 10.6. The molecular formula is C23H28ClN5O3. The predicted octanol–water partition coefficient (Wildman–Crippen LogP) is 2.58. The molecular weight excluding hydrogens is 430 g/mol. The summed E-state index contributed by atoms with van der Waals surface area (Å²) in [5.74, 6) is 0.355. The molecule has 0 atom stereocenters. The molecule has 8 nitrogen and oxygen atoms in total. The lowest BCUT2D eigenvalue weighted by atomic mass is 10.1. The van der Waals surface area contributed by atoms with Gasteiger partial charge in [0, 0.05) is 37.0 Å². The van der Waals surface area contributed by atoms with Crippen molar-refractivity contribution in [1.82, 2.24) is 25.4 Å². The maximum absolute atomic E-state index is 13.0. The minimum atomic E-state index is -0.252. The number of aryl methyl sites for hydroxylation is 4. The van der Waals surface area contributed by atoms with Gasteiger partial charge in [-0.2, -0.15) is 5.10 Å². The highest BCUT2D eigenvalue weighted by Crippen LogP contribution is 2.16. The Balaban J connectivity index is 1.71. The lowest BCUT2D eigenvalue weighted by Gasteiger charge is -2.13. The third-order valence-electron chi connectivity index (χ3n) is 5.21. The van der Waals surface area contributed by atoms with Crippen LogP contribution in [0, 0.1) is 6.92 Å². The van der Waals surface area contributed by atoms with Gasteiger partial charge in [0.2, 0.25) is 5.91 Å². The molecule has 2 aromatic heterocycles. The number of nitrogens with zero attached hydrogens (tertiary/aromatic N) is 3. The largest absolute Gasteiger partial charge is 0.449 e. The van der Waals surface area contributed by atoms with E-state index in [1.807, 2.05) is 32.2 Å². The molecule has 0 saturated heterocycles. The van der Waals surface area contributed by atoms with Gasteiger partial charge in [0.05, 0.1) is 24.9 Å². The van der Waals surface area contributed by atoms with Gasteiger partial charge in [-0.3, -0.25) is 9.59 Å². The average molecular weight is 458 g/mol. The monoisotopic (exact) mass is 457 g/mol. The van der Waals surface area contributed by atoms with E-state index in [-0.39, 0.29) is 17.9 Å². The van der Waals surface area contributed by atoms with Crippen molar-refractivity contribution in [3.05, 3.63) is 79.9 Å². The van der Waals surface area contributed by atoms with Gasteiger partial charge in [0.15, 0.2) is 5.89 Å². The third-order valence-corrected chi connectivity index (χ3v) is 5.44. The highest BCUT2D eigenvalue weighted by molar-refractivity contribution is 6.30. The van der Waals surface area contributed by atoms with Crippen LogP contribution < -0.4 is 16.2 Å². The van der Waals surface area contributed by atoms with Crippen LogP contribution in [-0.4, -0.2) is 27.7 Å². The van der Waals surface area contributed by atoms with Crippen LogP contribution in [0.3, 0.4) is 0 Å². The van der Waals surface area contributed by atoms with E-state index < -0.39 is 0 Å². The molecule has 2 heterocycles. The Bertz CT molecular complexity index is 1140. The summed E-state index contributed by atoms with van der Waals surface area (Å²) in [6.07, 6.45) is 4.38. The normalized spacial score (nSPS) is 11.0. The molecule has 0 bridgehead atoms. The summed E-state index contributed by atoms with van der Waals surface area (Å²) in [6, 6.07) is 5.61. The quantitative estimate of drug-likeness (QED) is 0.485. The molecule has 170 valence electrons. The van der Waals surface area contributed by atoms with Crippen molar-refractivity contribution < 1.29 is 9.21 Å². The van der Waals surface area contributed by atoms with Crippen LogP contribution in [0.25, 0.3) is 0 Å². The number of oxazole rings is 1. The third kappa shape index (κ3) is 6.05. The fraction of sp³-hybridized carbons (Fsp3) is 0.391. The van der Waals surface area contributed by atoms with Gasteiger partial charge in [0.25, 0.3) is 5.56 Å². The fourth-order valence-electron chi connectivity index (χ4n) is 3.50. The summed E-state index contributed by atoms with van der Waals surface area (Å²) in [7, 11) is 1.86. The number of aromatic nitrogens is 3. The number of benzene rings is 1. The second-order valence-corrected chi connectivity index (χ2v) is 7.97. The highest BCUT2D eigenvalue weighted by Gasteiger charge is 2.15. The molecule has 3 rings (SSSR count). The summed E-state index contributed by atoms with van der Waals surface area (Å²) in [5, 5.41) is 10.9. The number of nitrogens with one attached hydrogen (secondary N) is 2. The van der Waals surface area contributed by atoms with E-state index >= 15 is 0 Å². The van der Waals surface area contributed by atoms with E-state index in [9.17, 15) is 9.59 Å². The molecule has 1 aromatic carbocycles.